The largest absolute Gasteiger partial charge is 0.361 e. The fourth-order valence-corrected chi connectivity index (χ4v) is 6.58. The van der Waals surface area contributed by atoms with Crippen molar-refractivity contribution in [3.8, 4) is 11.1 Å². The quantitative estimate of drug-likeness (QED) is 0.296. The molecule has 0 bridgehead atoms. The molecule has 4 heterocycles. The van der Waals surface area contributed by atoms with Crippen LogP contribution in [0.15, 0.2) is 73.2 Å². The van der Waals surface area contributed by atoms with E-state index in [4.69, 9.17) is 11.6 Å². The Morgan fingerprint density at radius 1 is 0.977 bits per heavy atom. The number of benzene rings is 2. The number of halogens is 1. The normalized spacial score (nSPS) is 19.5. The fraction of sp³-hybridized carbons (Fsp3) is 0.303. The molecule has 6 rings (SSSR count). The zero-order valence-corrected chi connectivity index (χ0v) is 25.0. The molecule has 4 amide bonds. The number of carbonyl (C=O) groups excluding carboxylic acids is 4. The zero-order chi connectivity index (χ0) is 30.8. The molecule has 0 radical (unpaired) electrons. The Labute approximate surface area is 259 Å². The number of amides is 4. The molecule has 10 nitrogen and oxygen atoms in total. The van der Waals surface area contributed by atoms with Crippen molar-refractivity contribution in [2.24, 2.45) is 17.8 Å². The van der Waals surface area contributed by atoms with Gasteiger partial charge in [0.25, 0.3) is 5.91 Å². The third kappa shape index (κ3) is 6.03. The molecule has 2 aromatic carbocycles. The maximum atomic E-state index is 13.6. The van der Waals surface area contributed by atoms with E-state index in [9.17, 15) is 19.2 Å². The molecule has 0 saturated carbocycles. The third-order valence-electron chi connectivity index (χ3n) is 8.76. The maximum Gasteiger partial charge on any atom is 0.253 e. The molecular formula is C33H33ClN6O4. The number of piperidine rings is 1. The summed E-state index contributed by atoms with van der Waals surface area (Å²) in [4.78, 5) is 63.4. The van der Waals surface area contributed by atoms with Crippen molar-refractivity contribution in [2.45, 2.75) is 6.42 Å². The average Bonchev–Trinajstić information content (AvgIpc) is 3.66. The van der Waals surface area contributed by atoms with Gasteiger partial charge in [-0.1, -0.05) is 35.9 Å². The van der Waals surface area contributed by atoms with Crippen LogP contribution in [0.25, 0.3) is 22.0 Å². The number of likely N-dealkylation sites (N-methyl/N-ethyl adjacent to an activating group) is 1. The van der Waals surface area contributed by atoms with Crippen LogP contribution in [0.2, 0.25) is 5.02 Å². The van der Waals surface area contributed by atoms with Crippen LogP contribution in [0, 0.1) is 17.8 Å². The predicted octanol–water partition coefficient (Wildman–Crippen LogP) is 3.13. The van der Waals surface area contributed by atoms with Gasteiger partial charge < -0.3 is 25.4 Å². The van der Waals surface area contributed by atoms with Crippen LogP contribution in [0.3, 0.4) is 0 Å². The van der Waals surface area contributed by atoms with E-state index in [0.717, 1.165) is 27.6 Å². The number of aromatic amines is 1. The van der Waals surface area contributed by atoms with E-state index >= 15 is 0 Å². The fourth-order valence-electron chi connectivity index (χ4n) is 6.41. The van der Waals surface area contributed by atoms with Crippen LogP contribution in [0.4, 0.5) is 0 Å². The van der Waals surface area contributed by atoms with Crippen LogP contribution in [-0.2, 0) is 20.8 Å². The number of hydrogen-bond donors (Lipinski definition) is 3. The summed E-state index contributed by atoms with van der Waals surface area (Å²) in [5.41, 5.74) is 4.19. The van der Waals surface area contributed by atoms with E-state index < -0.39 is 5.92 Å². The Morgan fingerprint density at radius 2 is 1.77 bits per heavy atom. The first-order valence-electron chi connectivity index (χ1n) is 14.6. The summed E-state index contributed by atoms with van der Waals surface area (Å²) in [7, 11) is 1.51. The van der Waals surface area contributed by atoms with Gasteiger partial charge in [-0.25, -0.2) is 0 Å². The maximum absolute atomic E-state index is 13.6. The SMILES string of the molecule is CNC(=O)CNC(=O)C1CN(C(=O)Cc2c[nH]c3cc(Cl)ccc23)CC2CN(C(=O)c3ccc(-c4cccnc4)cc3)CC21. The van der Waals surface area contributed by atoms with Gasteiger partial charge in [0.05, 0.1) is 18.9 Å². The van der Waals surface area contributed by atoms with Crippen LogP contribution in [-0.4, -0.2) is 83.2 Å². The van der Waals surface area contributed by atoms with Gasteiger partial charge in [0.1, 0.15) is 0 Å². The summed E-state index contributed by atoms with van der Waals surface area (Å²) in [5.74, 6) is -1.60. The molecule has 0 aliphatic carbocycles. The minimum absolute atomic E-state index is 0.0798. The Balaban J connectivity index is 1.19. The number of nitrogens with one attached hydrogen (secondary N) is 3. The Bertz CT molecular complexity index is 1710. The minimum Gasteiger partial charge on any atom is -0.361 e. The van der Waals surface area contributed by atoms with Gasteiger partial charge in [-0.05, 0) is 58.9 Å². The van der Waals surface area contributed by atoms with Gasteiger partial charge in [-0.3, -0.25) is 24.2 Å². The van der Waals surface area contributed by atoms with E-state index in [0.29, 0.717) is 30.2 Å². The number of pyridine rings is 1. The molecule has 11 heteroatoms. The Hall–Kier alpha value is -4.70. The van der Waals surface area contributed by atoms with E-state index in [1.165, 1.54) is 7.05 Å². The molecule has 3 N–H and O–H groups in total. The number of likely N-dealkylation sites (tertiary alicyclic amines) is 2. The number of rotatable bonds is 7. The molecule has 2 fully saturated rings. The summed E-state index contributed by atoms with van der Waals surface area (Å²) in [6.45, 7) is 1.34. The number of hydrogen-bond acceptors (Lipinski definition) is 5. The van der Waals surface area contributed by atoms with Crippen molar-refractivity contribution in [1.82, 2.24) is 30.4 Å². The van der Waals surface area contributed by atoms with Crippen molar-refractivity contribution in [2.75, 3.05) is 39.8 Å². The van der Waals surface area contributed by atoms with Gasteiger partial charge in [0, 0.05) is 73.3 Å². The first-order valence-corrected chi connectivity index (χ1v) is 15.0. The van der Waals surface area contributed by atoms with Gasteiger partial charge in [-0.2, -0.15) is 0 Å². The predicted molar refractivity (Wildman–Crippen MR) is 167 cm³/mol. The Kier molecular flexibility index (Phi) is 8.34. The topological polar surface area (TPSA) is 128 Å². The lowest BCUT2D eigenvalue weighted by molar-refractivity contribution is -0.139. The molecule has 3 atom stereocenters. The minimum atomic E-state index is -0.560. The van der Waals surface area contributed by atoms with E-state index in [1.54, 1.807) is 28.3 Å². The number of aromatic nitrogens is 2. The average molecular weight is 613 g/mol. The van der Waals surface area contributed by atoms with Crippen LogP contribution >= 0.6 is 11.6 Å². The first kappa shape index (κ1) is 29.4. The van der Waals surface area contributed by atoms with Crippen molar-refractivity contribution < 1.29 is 19.2 Å². The molecule has 226 valence electrons. The summed E-state index contributed by atoms with van der Waals surface area (Å²) >= 11 is 6.12. The van der Waals surface area contributed by atoms with E-state index in [1.807, 2.05) is 54.7 Å². The molecule has 2 aromatic heterocycles. The molecule has 2 saturated heterocycles. The van der Waals surface area contributed by atoms with Gasteiger partial charge >= 0.3 is 0 Å². The smallest absolute Gasteiger partial charge is 0.253 e. The standard InChI is InChI=1S/C33H33ClN6O4/c1-35-30(41)15-38-32(43)28-19-39(31(42)11-23-14-37-29-12-25(34)8-9-26(23)29)16-24-17-40(18-27(24)28)33(44)21-6-4-20(5-7-21)22-3-2-10-36-13-22/h2-10,12-14,24,27-28,37H,11,15-19H2,1H3,(H,35,41)(H,38,43). The second-order valence-corrected chi connectivity index (χ2v) is 11.9. The molecule has 44 heavy (non-hydrogen) atoms. The number of H-pyrrole nitrogens is 1. The molecule has 2 aliphatic rings. The van der Waals surface area contributed by atoms with Crippen molar-refractivity contribution in [3.05, 3.63) is 89.3 Å². The summed E-state index contributed by atoms with van der Waals surface area (Å²) in [6, 6.07) is 16.8. The van der Waals surface area contributed by atoms with Crippen molar-refractivity contribution >= 4 is 46.1 Å². The number of carbonyl (C=O) groups is 4. The first-order chi connectivity index (χ1) is 21.3. The molecule has 2 aliphatic heterocycles. The molecule has 0 spiro atoms. The summed E-state index contributed by atoms with van der Waals surface area (Å²) < 4.78 is 0. The zero-order valence-electron chi connectivity index (χ0n) is 24.3. The highest BCUT2D eigenvalue weighted by Crippen LogP contribution is 2.37. The van der Waals surface area contributed by atoms with Gasteiger partial charge in [0.15, 0.2) is 0 Å². The van der Waals surface area contributed by atoms with Gasteiger partial charge in [-0.15, -0.1) is 0 Å². The van der Waals surface area contributed by atoms with Crippen molar-refractivity contribution in [3.63, 3.8) is 0 Å². The second-order valence-electron chi connectivity index (χ2n) is 11.4. The number of fused-ring (bicyclic) bond motifs is 2. The van der Waals surface area contributed by atoms with Crippen LogP contribution in [0.1, 0.15) is 15.9 Å². The molecule has 3 unspecified atom stereocenters. The monoisotopic (exact) mass is 612 g/mol. The lowest BCUT2D eigenvalue weighted by Crippen LogP contribution is -2.54. The lowest BCUT2D eigenvalue weighted by Gasteiger charge is -2.39. The molecule has 4 aromatic rings. The van der Waals surface area contributed by atoms with Gasteiger partial charge in [0.2, 0.25) is 17.7 Å². The third-order valence-corrected chi connectivity index (χ3v) is 8.99. The second kappa shape index (κ2) is 12.5. The van der Waals surface area contributed by atoms with Crippen LogP contribution in [0.5, 0.6) is 0 Å². The van der Waals surface area contributed by atoms with Crippen molar-refractivity contribution in [1.29, 1.82) is 0 Å². The number of nitrogens with zero attached hydrogens (tertiary/aromatic N) is 3. The summed E-state index contributed by atoms with van der Waals surface area (Å²) in [5, 5.41) is 6.77. The lowest BCUT2D eigenvalue weighted by atomic mass is 9.79. The highest BCUT2D eigenvalue weighted by atomic mass is 35.5. The Morgan fingerprint density at radius 3 is 2.52 bits per heavy atom. The van der Waals surface area contributed by atoms with E-state index in [-0.39, 0.29) is 55.0 Å². The van der Waals surface area contributed by atoms with E-state index in [2.05, 4.69) is 20.6 Å². The summed E-state index contributed by atoms with van der Waals surface area (Å²) in [6.07, 6.45) is 5.47. The van der Waals surface area contributed by atoms with Crippen LogP contribution < -0.4 is 10.6 Å². The highest BCUT2D eigenvalue weighted by molar-refractivity contribution is 6.31. The highest BCUT2D eigenvalue weighted by Gasteiger charge is 2.47. The molecular weight excluding hydrogens is 580 g/mol.